The van der Waals surface area contributed by atoms with Gasteiger partial charge in [0.05, 0.1) is 18.5 Å². The molecule has 0 aliphatic rings. The van der Waals surface area contributed by atoms with Crippen LogP contribution in [0.1, 0.15) is 17.3 Å². The molecule has 6 nitrogen and oxygen atoms in total. The Hall–Kier alpha value is -3.87. The smallest absolute Gasteiger partial charge is 0.261 e. The van der Waals surface area contributed by atoms with Crippen LogP contribution in [0.2, 0.25) is 0 Å². The van der Waals surface area contributed by atoms with E-state index in [1.165, 1.54) is 18.3 Å². The minimum atomic E-state index is -0.336. The monoisotopic (exact) mass is 390 g/mol. The maximum Gasteiger partial charge on any atom is 0.261 e. The van der Waals surface area contributed by atoms with E-state index in [0.29, 0.717) is 29.4 Å². The average Bonchev–Trinajstić information content (AvgIpc) is 3.40. The fourth-order valence-electron chi connectivity index (χ4n) is 3.00. The van der Waals surface area contributed by atoms with Crippen molar-refractivity contribution in [1.82, 2.24) is 14.3 Å². The fraction of sp³-hybridized carbons (Fsp3) is 0.0909. The number of benzene rings is 2. The number of ether oxygens (including phenoxy) is 1. The van der Waals surface area contributed by atoms with E-state index in [4.69, 9.17) is 4.74 Å². The molecule has 2 aromatic carbocycles. The number of amides is 1. The van der Waals surface area contributed by atoms with E-state index >= 15 is 0 Å². The lowest BCUT2D eigenvalue weighted by atomic mass is 10.2. The van der Waals surface area contributed by atoms with Gasteiger partial charge in [0, 0.05) is 18.1 Å². The molecule has 29 heavy (non-hydrogen) atoms. The van der Waals surface area contributed by atoms with E-state index in [1.54, 1.807) is 45.6 Å². The predicted molar refractivity (Wildman–Crippen MR) is 108 cm³/mol. The number of hydrogen-bond acceptors (Lipinski definition) is 3. The first-order valence-electron chi connectivity index (χ1n) is 9.17. The van der Waals surface area contributed by atoms with E-state index in [-0.39, 0.29) is 11.7 Å². The summed E-state index contributed by atoms with van der Waals surface area (Å²) in [5, 5.41) is 7.25. The number of hydrogen-bond donors (Lipinski definition) is 1. The summed E-state index contributed by atoms with van der Waals surface area (Å²) in [6, 6.07) is 16.8. The highest BCUT2D eigenvalue weighted by atomic mass is 19.1. The van der Waals surface area contributed by atoms with Crippen LogP contribution >= 0.6 is 0 Å². The fourth-order valence-corrected chi connectivity index (χ4v) is 3.00. The predicted octanol–water partition coefficient (Wildman–Crippen LogP) is 4.45. The first-order chi connectivity index (χ1) is 14.2. The number of aromatic nitrogens is 3. The first-order valence-corrected chi connectivity index (χ1v) is 9.17. The lowest BCUT2D eigenvalue weighted by Gasteiger charge is -2.11. The van der Waals surface area contributed by atoms with E-state index in [1.807, 2.05) is 31.5 Å². The molecule has 0 spiro atoms. The highest BCUT2D eigenvalue weighted by molar-refractivity contribution is 6.06. The second-order valence-corrected chi connectivity index (χ2v) is 6.27. The molecule has 2 aromatic heterocycles. The van der Waals surface area contributed by atoms with Crippen LogP contribution in [0.4, 0.5) is 10.1 Å². The van der Waals surface area contributed by atoms with Gasteiger partial charge in [-0.05, 0) is 67.6 Å². The molecule has 0 radical (unpaired) electrons. The molecule has 0 atom stereocenters. The highest BCUT2D eigenvalue weighted by Gasteiger charge is 2.20. The minimum absolute atomic E-state index is 0.300. The topological polar surface area (TPSA) is 61.1 Å². The van der Waals surface area contributed by atoms with E-state index in [2.05, 4.69) is 10.4 Å². The van der Waals surface area contributed by atoms with Crippen LogP contribution in [0.15, 0.2) is 79.3 Å². The Balaban J connectivity index is 1.68. The Kier molecular flexibility index (Phi) is 5.11. The highest BCUT2D eigenvalue weighted by Crippen LogP contribution is 2.22. The van der Waals surface area contributed by atoms with Crippen LogP contribution in [0.5, 0.6) is 5.75 Å². The summed E-state index contributed by atoms with van der Waals surface area (Å²) in [6.45, 7) is 2.49. The molecule has 1 amide bonds. The molecule has 4 aromatic rings. The molecule has 7 heteroatoms. The standard InChI is InChI=1S/C22H19FN4O2/c1-2-29-19-11-7-17(8-12-19)25-21(28)20-15-24-27(18-9-5-16(23)6-10-18)22(20)26-13-3-4-14-26/h3-15H,2H2,1H3,(H,25,28). The summed E-state index contributed by atoms with van der Waals surface area (Å²) in [5.41, 5.74) is 1.68. The van der Waals surface area contributed by atoms with Crippen molar-refractivity contribution in [3.63, 3.8) is 0 Å². The van der Waals surface area contributed by atoms with Gasteiger partial charge in [-0.1, -0.05) is 0 Å². The van der Waals surface area contributed by atoms with Crippen molar-refractivity contribution >= 4 is 11.6 Å². The van der Waals surface area contributed by atoms with Gasteiger partial charge in [0.1, 0.15) is 17.1 Å². The summed E-state index contributed by atoms with van der Waals surface area (Å²) < 4.78 is 22.1. The summed E-state index contributed by atoms with van der Waals surface area (Å²) in [5.74, 6) is 0.663. The third kappa shape index (κ3) is 3.89. The van der Waals surface area contributed by atoms with Gasteiger partial charge in [-0.15, -0.1) is 0 Å². The number of carbonyl (C=O) groups excluding carboxylic acids is 1. The number of halogens is 1. The molecule has 4 rings (SSSR count). The number of anilines is 1. The molecular weight excluding hydrogens is 371 g/mol. The third-order valence-corrected chi connectivity index (χ3v) is 4.33. The molecule has 0 aliphatic carbocycles. The van der Waals surface area contributed by atoms with E-state index < -0.39 is 0 Å². The van der Waals surface area contributed by atoms with Crippen molar-refractivity contribution < 1.29 is 13.9 Å². The van der Waals surface area contributed by atoms with Crippen LogP contribution < -0.4 is 10.1 Å². The average molecular weight is 390 g/mol. The molecule has 0 saturated heterocycles. The van der Waals surface area contributed by atoms with Crippen LogP contribution in [-0.4, -0.2) is 26.9 Å². The molecule has 0 fully saturated rings. The Morgan fingerprint density at radius 2 is 1.76 bits per heavy atom. The van der Waals surface area contributed by atoms with Crippen LogP contribution in [-0.2, 0) is 0 Å². The molecule has 0 unspecified atom stereocenters. The molecule has 0 bridgehead atoms. The van der Waals surface area contributed by atoms with Crippen molar-refractivity contribution in [2.75, 3.05) is 11.9 Å². The Morgan fingerprint density at radius 3 is 2.41 bits per heavy atom. The number of carbonyl (C=O) groups is 1. The Labute approximate surface area is 167 Å². The zero-order chi connectivity index (χ0) is 20.2. The Morgan fingerprint density at radius 1 is 1.07 bits per heavy atom. The van der Waals surface area contributed by atoms with Gasteiger partial charge in [-0.25, -0.2) is 9.07 Å². The maximum atomic E-state index is 13.3. The molecular formula is C22H19FN4O2. The quantitative estimate of drug-likeness (QED) is 0.529. The number of nitrogens with zero attached hydrogens (tertiary/aromatic N) is 3. The molecule has 146 valence electrons. The van der Waals surface area contributed by atoms with Crippen molar-refractivity contribution in [3.05, 3.63) is 90.6 Å². The van der Waals surface area contributed by atoms with Gasteiger partial charge >= 0.3 is 0 Å². The van der Waals surface area contributed by atoms with Crippen molar-refractivity contribution in [2.45, 2.75) is 6.92 Å². The van der Waals surface area contributed by atoms with Crippen molar-refractivity contribution in [1.29, 1.82) is 0 Å². The van der Waals surface area contributed by atoms with Gasteiger partial charge in [0.15, 0.2) is 5.82 Å². The first kappa shape index (κ1) is 18.5. The van der Waals surface area contributed by atoms with Crippen LogP contribution in [0, 0.1) is 5.82 Å². The van der Waals surface area contributed by atoms with Crippen LogP contribution in [0.25, 0.3) is 11.5 Å². The number of rotatable bonds is 6. The van der Waals surface area contributed by atoms with E-state index in [9.17, 15) is 9.18 Å². The van der Waals surface area contributed by atoms with Gasteiger partial charge < -0.3 is 14.6 Å². The van der Waals surface area contributed by atoms with Gasteiger partial charge in [0.2, 0.25) is 0 Å². The maximum absolute atomic E-state index is 13.3. The van der Waals surface area contributed by atoms with Gasteiger partial charge in [-0.3, -0.25) is 4.79 Å². The third-order valence-electron chi connectivity index (χ3n) is 4.33. The number of nitrogens with one attached hydrogen (secondary N) is 1. The zero-order valence-corrected chi connectivity index (χ0v) is 15.7. The minimum Gasteiger partial charge on any atom is -0.494 e. The second-order valence-electron chi connectivity index (χ2n) is 6.27. The second kappa shape index (κ2) is 8.02. The summed E-state index contributed by atoms with van der Waals surface area (Å²) in [4.78, 5) is 13.0. The van der Waals surface area contributed by atoms with Crippen LogP contribution in [0.3, 0.4) is 0 Å². The lowest BCUT2D eigenvalue weighted by Crippen LogP contribution is -2.15. The summed E-state index contributed by atoms with van der Waals surface area (Å²) in [6.07, 6.45) is 5.15. The normalized spacial score (nSPS) is 10.7. The lowest BCUT2D eigenvalue weighted by molar-refractivity contribution is 0.102. The zero-order valence-electron chi connectivity index (χ0n) is 15.7. The Bertz CT molecular complexity index is 1100. The molecule has 1 N–H and O–H groups in total. The van der Waals surface area contributed by atoms with E-state index in [0.717, 1.165) is 5.75 Å². The largest absolute Gasteiger partial charge is 0.494 e. The summed E-state index contributed by atoms with van der Waals surface area (Å²) in [7, 11) is 0. The molecule has 2 heterocycles. The molecule has 0 aliphatic heterocycles. The molecule has 0 saturated carbocycles. The van der Waals surface area contributed by atoms with Gasteiger partial charge in [0.25, 0.3) is 5.91 Å². The summed E-state index contributed by atoms with van der Waals surface area (Å²) >= 11 is 0. The van der Waals surface area contributed by atoms with Crippen molar-refractivity contribution in [2.24, 2.45) is 0 Å². The van der Waals surface area contributed by atoms with Crippen molar-refractivity contribution in [3.8, 4) is 17.3 Å². The SMILES string of the molecule is CCOc1ccc(NC(=O)c2cnn(-c3ccc(F)cc3)c2-n2cccc2)cc1. The van der Waals surface area contributed by atoms with Gasteiger partial charge in [-0.2, -0.15) is 5.10 Å².